The van der Waals surface area contributed by atoms with Crippen LogP contribution in [0, 0.1) is 0 Å². The van der Waals surface area contributed by atoms with E-state index >= 15 is 0 Å². The first-order valence-corrected chi connectivity index (χ1v) is 7.10. The number of ketones is 1. The fourth-order valence-electron chi connectivity index (χ4n) is 1.65. The Morgan fingerprint density at radius 1 is 1.53 bits per heavy atom. The maximum atomic E-state index is 12.0. The Labute approximate surface area is 113 Å². The minimum Gasteiger partial charge on any atom is -0.335 e. The predicted octanol–water partition coefficient (Wildman–Crippen LogP) is 3.54. The molecule has 0 bridgehead atoms. The summed E-state index contributed by atoms with van der Waals surface area (Å²) in [6.45, 7) is 3.03. The summed E-state index contributed by atoms with van der Waals surface area (Å²) in [4.78, 5) is 17.0. The molecule has 0 aliphatic heterocycles. The molecule has 0 radical (unpaired) electrons. The number of nitrogens with zero attached hydrogens (tertiary/aromatic N) is 2. The van der Waals surface area contributed by atoms with Gasteiger partial charge in [0.15, 0.2) is 5.78 Å². The summed E-state index contributed by atoms with van der Waals surface area (Å²) >= 11 is 4.83. The van der Waals surface area contributed by atoms with Gasteiger partial charge in [0, 0.05) is 18.9 Å². The molecule has 0 N–H and O–H groups in total. The number of Topliss-reactive ketones (excluding diaryl/α,β-unsaturated/α-hetero) is 1. The average molecular weight is 313 g/mol. The summed E-state index contributed by atoms with van der Waals surface area (Å²) in [5, 5.41) is 0. The van der Waals surface area contributed by atoms with Crippen molar-refractivity contribution in [1.29, 1.82) is 0 Å². The molecule has 90 valence electrons. The van der Waals surface area contributed by atoms with E-state index < -0.39 is 0 Å². The zero-order chi connectivity index (χ0) is 12.3. The molecular weight excluding hydrogens is 300 g/mol. The molecule has 17 heavy (non-hydrogen) atoms. The fraction of sp³-hybridized carbons (Fsp3) is 0.333. The van der Waals surface area contributed by atoms with Crippen molar-refractivity contribution < 1.29 is 4.79 Å². The van der Waals surface area contributed by atoms with E-state index in [0.717, 1.165) is 27.5 Å². The Balaban J connectivity index is 2.10. The summed E-state index contributed by atoms with van der Waals surface area (Å²) in [6, 6.07) is 3.75. The van der Waals surface area contributed by atoms with E-state index in [9.17, 15) is 4.79 Å². The molecule has 0 aliphatic rings. The standard InChI is InChI=1S/C12H13BrN2OS/c1-2-6-15-7-5-14-12(15)8-9(16)10-3-4-11(13)17-10/h3-5,7H,2,6,8H2,1H3. The first kappa shape index (κ1) is 12.5. The number of aryl methyl sites for hydroxylation is 1. The second-order valence-electron chi connectivity index (χ2n) is 3.74. The van der Waals surface area contributed by atoms with Crippen LogP contribution in [0.25, 0.3) is 0 Å². The number of rotatable bonds is 5. The van der Waals surface area contributed by atoms with Gasteiger partial charge in [0.05, 0.1) is 15.1 Å². The second kappa shape index (κ2) is 5.60. The smallest absolute Gasteiger partial charge is 0.180 e. The number of thiophene rings is 1. The lowest BCUT2D eigenvalue weighted by atomic mass is 10.2. The molecule has 0 atom stereocenters. The third kappa shape index (κ3) is 3.04. The van der Waals surface area contributed by atoms with E-state index in [1.54, 1.807) is 6.20 Å². The van der Waals surface area contributed by atoms with Gasteiger partial charge < -0.3 is 4.57 Å². The number of carbonyl (C=O) groups excluding carboxylic acids is 1. The summed E-state index contributed by atoms with van der Waals surface area (Å²) in [7, 11) is 0. The molecule has 0 aliphatic carbocycles. The van der Waals surface area contributed by atoms with Crippen LogP contribution in [0.3, 0.4) is 0 Å². The van der Waals surface area contributed by atoms with Gasteiger partial charge in [-0.1, -0.05) is 6.92 Å². The Morgan fingerprint density at radius 2 is 2.35 bits per heavy atom. The third-order valence-corrected chi connectivity index (χ3v) is 4.10. The number of hydrogen-bond acceptors (Lipinski definition) is 3. The van der Waals surface area contributed by atoms with Gasteiger partial charge in [0.25, 0.3) is 0 Å². The van der Waals surface area contributed by atoms with E-state index in [1.807, 2.05) is 22.9 Å². The van der Waals surface area contributed by atoms with Crippen LogP contribution in [0.15, 0.2) is 28.3 Å². The molecule has 0 aromatic carbocycles. The fourth-order valence-corrected chi connectivity index (χ4v) is 2.97. The van der Waals surface area contributed by atoms with Crippen molar-refractivity contribution in [1.82, 2.24) is 9.55 Å². The summed E-state index contributed by atoms with van der Waals surface area (Å²) in [6.07, 6.45) is 5.10. The highest BCUT2D eigenvalue weighted by molar-refractivity contribution is 9.11. The summed E-state index contributed by atoms with van der Waals surface area (Å²) in [5.74, 6) is 0.977. The van der Waals surface area contributed by atoms with Crippen LogP contribution in [-0.2, 0) is 13.0 Å². The predicted molar refractivity (Wildman–Crippen MR) is 72.6 cm³/mol. The Morgan fingerprint density at radius 3 is 3.00 bits per heavy atom. The monoisotopic (exact) mass is 312 g/mol. The zero-order valence-electron chi connectivity index (χ0n) is 9.52. The van der Waals surface area contributed by atoms with Crippen molar-refractivity contribution in [2.24, 2.45) is 0 Å². The van der Waals surface area contributed by atoms with E-state index in [4.69, 9.17) is 0 Å². The number of aromatic nitrogens is 2. The van der Waals surface area contributed by atoms with E-state index in [2.05, 4.69) is 27.8 Å². The van der Waals surface area contributed by atoms with Crippen LogP contribution in [0.2, 0.25) is 0 Å². The van der Waals surface area contributed by atoms with Crippen molar-refractivity contribution in [3.63, 3.8) is 0 Å². The number of hydrogen-bond donors (Lipinski definition) is 0. The van der Waals surface area contributed by atoms with Gasteiger partial charge in [-0.3, -0.25) is 4.79 Å². The maximum absolute atomic E-state index is 12.0. The van der Waals surface area contributed by atoms with Crippen molar-refractivity contribution >= 4 is 33.0 Å². The van der Waals surface area contributed by atoms with Crippen molar-refractivity contribution in [3.05, 3.63) is 39.0 Å². The molecule has 0 saturated heterocycles. The molecular formula is C12H13BrN2OS. The van der Waals surface area contributed by atoms with Gasteiger partial charge in [-0.2, -0.15) is 0 Å². The highest BCUT2D eigenvalue weighted by Crippen LogP contribution is 2.23. The van der Waals surface area contributed by atoms with Gasteiger partial charge in [-0.05, 0) is 34.5 Å². The molecule has 0 fully saturated rings. The van der Waals surface area contributed by atoms with Crippen LogP contribution in [-0.4, -0.2) is 15.3 Å². The molecule has 2 aromatic heterocycles. The minimum absolute atomic E-state index is 0.129. The molecule has 0 spiro atoms. The topological polar surface area (TPSA) is 34.9 Å². The Bertz CT molecular complexity index is 518. The van der Waals surface area contributed by atoms with Gasteiger partial charge in [-0.25, -0.2) is 4.98 Å². The van der Waals surface area contributed by atoms with Gasteiger partial charge >= 0.3 is 0 Å². The molecule has 5 heteroatoms. The molecule has 2 heterocycles. The van der Waals surface area contributed by atoms with E-state index in [-0.39, 0.29) is 5.78 Å². The molecule has 2 aromatic rings. The second-order valence-corrected chi connectivity index (χ2v) is 6.20. The normalized spacial score (nSPS) is 10.7. The summed E-state index contributed by atoms with van der Waals surface area (Å²) < 4.78 is 3.03. The highest BCUT2D eigenvalue weighted by atomic mass is 79.9. The lowest BCUT2D eigenvalue weighted by molar-refractivity contribution is 0.0993. The van der Waals surface area contributed by atoms with Crippen LogP contribution >= 0.6 is 27.3 Å². The number of carbonyl (C=O) groups is 1. The molecule has 2 rings (SSSR count). The van der Waals surface area contributed by atoms with Crippen LogP contribution < -0.4 is 0 Å². The minimum atomic E-state index is 0.129. The van der Waals surface area contributed by atoms with Crippen molar-refractivity contribution in [2.45, 2.75) is 26.3 Å². The lowest BCUT2D eigenvalue weighted by Crippen LogP contribution is -2.09. The SMILES string of the molecule is CCCn1ccnc1CC(=O)c1ccc(Br)s1. The average Bonchev–Trinajstić information content (AvgIpc) is 2.89. The molecule has 0 amide bonds. The van der Waals surface area contributed by atoms with Crippen molar-refractivity contribution in [3.8, 4) is 0 Å². The molecule has 0 unspecified atom stereocenters. The first-order valence-electron chi connectivity index (χ1n) is 5.49. The number of halogens is 1. The highest BCUT2D eigenvalue weighted by Gasteiger charge is 2.12. The van der Waals surface area contributed by atoms with Gasteiger partial charge in [0.2, 0.25) is 0 Å². The van der Waals surface area contributed by atoms with Crippen LogP contribution in [0.1, 0.15) is 28.8 Å². The Kier molecular flexibility index (Phi) is 4.12. The molecule has 3 nitrogen and oxygen atoms in total. The maximum Gasteiger partial charge on any atom is 0.180 e. The third-order valence-electron chi connectivity index (χ3n) is 2.43. The van der Waals surface area contributed by atoms with Gasteiger partial charge in [-0.15, -0.1) is 11.3 Å². The van der Waals surface area contributed by atoms with E-state index in [0.29, 0.717) is 6.42 Å². The Hall–Kier alpha value is -0.940. The van der Waals surface area contributed by atoms with Gasteiger partial charge in [0.1, 0.15) is 5.82 Å². The van der Waals surface area contributed by atoms with Crippen LogP contribution in [0.4, 0.5) is 0 Å². The summed E-state index contributed by atoms with van der Waals surface area (Å²) in [5.41, 5.74) is 0. The lowest BCUT2D eigenvalue weighted by Gasteiger charge is -2.04. The van der Waals surface area contributed by atoms with Crippen molar-refractivity contribution in [2.75, 3.05) is 0 Å². The zero-order valence-corrected chi connectivity index (χ0v) is 11.9. The molecule has 0 saturated carbocycles. The quantitative estimate of drug-likeness (QED) is 0.791. The van der Waals surface area contributed by atoms with E-state index in [1.165, 1.54) is 11.3 Å². The largest absolute Gasteiger partial charge is 0.335 e. The number of imidazole rings is 1. The van der Waals surface area contributed by atoms with Crippen LogP contribution in [0.5, 0.6) is 0 Å². The first-order chi connectivity index (χ1) is 8.20.